The van der Waals surface area contributed by atoms with E-state index in [9.17, 15) is 24.6 Å². The van der Waals surface area contributed by atoms with Crippen molar-refractivity contribution < 1.29 is 24.6 Å². The Hall–Kier alpha value is -1.33. The van der Waals surface area contributed by atoms with Crippen LogP contribution < -0.4 is 0 Å². The van der Waals surface area contributed by atoms with E-state index in [-0.39, 0.29) is 71.0 Å². The van der Waals surface area contributed by atoms with Gasteiger partial charge in [-0.3, -0.25) is 14.4 Å². The Morgan fingerprint density at radius 2 is 1.91 bits per heavy atom. The Bertz CT molecular complexity index is 830. The van der Waals surface area contributed by atoms with Crippen LogP contribution in [0, 0.1) is 46.3 Å². The molecule has 9 atom stereocenters. The van der Waals surface area contributed by atoms with Gasteiger partial charge in [0.15, 0.2) is 0 Å². The molecule has 0 radical (unpaired) electrons. The number of rotatable bonds is 6. The Labute approximate surface area is 192 Å². The van der Waals surface area contributed by atoms with Crippen LogP contribution in [0.1, 0.15) is 79.1 Å². The zero-order chi connectivity index (χ0) is 23.4. The van der Waals surface area contributed by atoms with E-state index in [1.54, 1.807) is 0 Å². The third-order valence-corrected chi connectivity index (χ3v) is 9.88. The lowest BCUT2D eigenvalue weighted by Gasteiger charge is -2.56. The van der Waals surface area contributed by atoms with Crippen molar-refractivity contribution in [2.45, 2.75) is 85.2 Å². The van der Waals surface area contributed by atoms with Crippen molar-refractivity contribution in [1.82, 2.24) is 0 Å². The number of carbonyl (C=O) groups excluding carboxylic acids is 3. The molecule has 5 nitrogen and oxygen atoms in total. The third-order valence-electron chi connectivity index (χ3n) is 9.88. The molecule has 0 heterocycles. The zero-order valence-corrected chi connectivity index (χ0v) is 20.1. The molecule has 178 valence electrons. The van der Waals surface area contributed by atoms with Gasteiger partial charge in [0.05, 0.1) is 6.10 Å². The average Bonchev–Trinajstić information content (AvgIpc) is 3.00. The van der Waals surface area contributed by atoms with Gasteiger partial charge < -0.3 is 10.2 Å². The first-order valence-corrected chi connectivity index (χ1v) is 12.6. The molecule has 0 bridgehead atoms. The lowest BCUT2D eigenvalue weighted by Crippen LogP contribution is -2.55. The van der Waals surface area contributed by atoms with Crippen molar-refractivity contribution >= 4 is 17.3 Å². The van der Waals surface area contributed by atoms with E-state index in [4.69, 9.17) is 0 Å². The summed E-state index contributed by atoms with van der Waals surface area (Å²) in [6.45, 7) is 8.15. The smallest absolute Gasteiger partial charge is 0.137 e. The molecule has 0 amide bonds. The molecule has 5 heteroatoms. The maximum absolute atomic E-state index is 13.7. The SMILES string of the molecule is C[C@@H](CO)CCC(=O)[C@@H](C)[C@H]1C(=O)C[C@H]2[C@@H]3CC=C4C[C@@H](O)CC[C@]4(C)[C@H]3C(=O)C[C@]12C. The van der Waals surface area contributed by atoms with E-state index < -0.39 is 5.41 Å². The number of Topliss-reactive ketones (excluding diaryl/α,β-unsaturated/α-hetero) is 3. The lowest BCUT2D eigenvalue weighted by atomic mass is 9.46. The average molecular weight is 445 g/mol. The molecule has 2 N–H and O–H groups in total. The number of hydrogen-bond acceptors (Lipinski definition) is 5. The van der Waals surface area contributed by atoms with E-state index in [2.05, 4.69) is 19.9 Å². The molecule has 0 aromatic heterocycles. The summed E-state index contributed by atoms with van der Waals surface area (Å²) in [4.78, 5) is 40.0. The van der Waals surface area contributed by atoms with Crippen LogP contribution in [0.5, 0.6) is 0 Å². The first kappa shape index (κ1) is 23.8. The Balaban J connectivity index is 1.60. The van der Waals surface area contributed by atoms with Crippen LogP contribution >= 0.6 is 0 Å². The highest BCUT2D eigenvalue weighted by Gasteiger charge is 2.65. The third kappa shape index (κ3) is 3.64. The van der Waals surface area contributed by atoms with Gasteiger partial charge in [-0.05, 0) is 60.7 Å². The van der Waals surface area contributed by atoms with Gasteiger partial charge in [0, 0.05) is 43.6 Å². The Morgan fingerprint density at radius 1 is 1.19 bits per heavy atom. The number of allylic oxidation sites excluding steroid dienone is 1. The normalized spacial score (nSPS) is 43.1. The molecule has 32 heavy (non-hydrogen) atoms. The van der Waals surface area contributed by atoms with Crippen molar-refractivity contribution in [3.8, 4) is 0 Å². The van der Waals surface area contributed by atoms with Gasteiger partial charge in [0.1, 0.15) is 17.3 Å². The first-order chi connectivity index (χ1) is 15.0. The monoisotopic (exact) mass is 444 g/mol. The molecule has 0 aliphatic heterocycles. The number of hydrogen-bond donors (Lipinski definition) is 2. The van der Waals surface area contributed by atoms with E-state index in [1.807, 2.05) is 13.8 Å². The summed E-state index contributed by atoms with van der Waals surface area (Å²) in [6.07, 6.45) is 6.81. The Kier molecular flexibility index (Phi) is 6.30. The summed E-state index contributed by atoms with van der Waals surface area (Å²) in [6, 6.07) is 0. The first-order valence-electron chi connectivity index (χ1n) is 12.6. The molecule has 0 saturated heterocycles. The number of aliphatic hydroxyl groups is 2. The van der Waals surface area contributed by atoms with Gasteiger partial charge in [-0.15, -0.1) is 0 Å². The second-order valence-corrected chi connectivity index (χ2v) is 11.9. The largest absolute Gasteiger partial charge is 0.396 e. The summed E-state index contributed by atoms with van der Waals surface area (Å²) in [5.41, 5.74) is 0.573. The van der Waals surface area contributed by atoms with Crippen LogP contribution in [0.3, 0.4) is 0 Å². The molecule has 3 fully saturated rings. The van der Waals surface area contributed by atoms with Crippen LogP contribution in [0.25, 0.3) is 0 Å². The van der Waals surface area contributed by atoms with Gasteiger partial charge >= 0.3 is 0 Å². The summed E-state index contributed by atoms with van der Waals surface area (Å²) in [5, 5.41) is 19.4. The zero-order valence-electron chi connectivity index (χ0n) is 20.1. The van der Waals surface area contributed by atoms with Crippen molar-refractivity contribution in [3.05, 3.63) is 11.6 Å². The quantitative estimate of drug-likeness (QED) is 0.606. The van der Waals surface area contributed by atoms with Crippen molar-refractivity contribution in [2.24, 2.45) is 46.3 Å². The second kappa shape index (κ2) is 8.47. The number of carbonyl (C=O) groups is 3. The van der Waals surface area contributed by atoms with Crippen LogP contribution in [-0.4, -0.2) is 40.3 Å². The van der Waals surface area contributed by atoms with Crippen LogP contribution in [0.2, 0.25) is 0 Å². The van der Waals surface area contributed by atoms with E-state index in [0.717, 1.165) is 19.3 Å². The molecular formula is C27H40O5. The van der Waals surface area contributed by atoms with Crippen molar-refractivity contribution in [2.75, 3.05) is 6.61 Å². The van der Waals surface area contributed by atoms with Gasteiger partial charge in [-0.1, -0.05) is 39.3 Å². The Morgan fingerprint density at radius 3 is 2.59 bits per heavy atom. The van der Waals surface area contributed by atoms with Gasteiger partial charge in [-0.2, -0.15) is 0 Å². The summed E-state index contributed by atoms with van der Waals surface area (Å²) < 4.78 is 0. The maximum Gasteiger partial charge on any atom is 0.137 e. The van der Waals surface area contributed by atoms with Crippen molar-refractivity contribution in [3.63, 3.8) is 0 Å². The molecule has 0 spiro atoms. The fourth-order valence-electron chi connectivity index (χ4n) is 8.05. The summed E-state index contributed by atoms with van der Waals surface area (Å²) >= 11 is 0. The molecule has 0 aromatic rings. The number of aliphatic hydroxyl groups excluding tert-OH is 2. The van der Waals surface area contributed by atoms with E-state index >= 15 is 0 Å². The fraction of sp³-hybridized carbons (Fsp3) is 0.815. The molecule has 0 aromatic carbocycles. The summed E-state index contributed by atoms with van der Waals surface area (Å²) in [5.74, 6) is 0.00156. The molecule has 3 saturated carbocycles. The maximum atomic E-state index is 13.7. The molecule has 4 aliphatic carbocycles. The minimum Gasteiger partial charge on any atom is -0.396 e. The van der Waals surface area contributed by atoms with Crippen LogP contribution in [0.4, 0.5) is 0 Å². The van der Waals surface area contributed by atoms with E-state index in [1.165, 1.54) is 5.57 Å². The standard InChI is InChI=1S/C27H40O5/c1-15(14-28)5-8-21(30)16(2)24-22(31)12-20-19-7-6-17-11-18(29)9-10-26(17,3)25(19)23(32)13-27(20,24)4/h6,15-16,18-20,24-25,28-29H,5,7-14H2,1-4H3/t15-,16-,18+,19+,20+,24+,25-,26+,27+/m1/s1. The fourth-order valence-corrected chi connectivity index (χ4v) is 8.05. The van der Waals surface area contributed by atoms with Gasteiger partial charge in [-0.25, -0.2) is 0 Å². The molecule has 0 unspecified atom stereocenters. The molecular weight excluding hydrogens is 404 g/mol. The highest BCUT2D eigenvalue weighted by molar-refractivity contribution is 5.94. The highest BCUT2D eigenvalue weighted by Crippen LogP contribution is 2.65. The minimum atomic E-state index is -0.455. The topological polar surface area (TPSA) is 91.7 Å². The number of fused-ring (bicyclic) bond motifs is 5. The predicted octanol–water partition coefficient (Wildman–Crippen LogP) is 3.90. The van der Waals surface area contributed by atoms with Crippen molar-refractivity contribution in [1.29, 1.82) is 0 Å². The predicted molar refractivity (Wildman–Crippen MR) is 122 cm³/mol. The minimum absolute atomic E-state index is 0.0622. The molecule has 4 aliphatic rings. The van der Waals surface area contributed by atoms with E-state index in [0.29, 0.717) is 32.1 Å². The lowest BCUT2D eigenvalue weighted by molar-refractivity contribution is -0.148. The van der Waals surface area contributed by atoms with Crippen LogP contribution in [-0.2, 0) is 14.4 Å². The van der Waals surface area contributed by atoms with Gasteiger partial charge in [0.25, 0.3) is 0 Å². The second-order valence-electron chi connectivity index (χ2n) is 11.9. The van der Waals surface area contributed by atoms with Crippen LogP contribution in [0.15, 0.2) is 11.6 Å². The van der Waals surface area contributed by atoms with Gasteiger partial charge in [0.2, 0.25) is 0 Å². The summed E-state index contributed by atoms with van der Waals surface area (Å²) in [7, 11) is 0. The highest BCUT2D eigenvalue weighted by atomic mass is 16.3. The molecule has 4 rings (SSSR count). The number of ketones is 3.